The molecule has 1 unspecified atom stereocenters. The first-order valence-electron chi connectivity index (χ1n) is 8.63. The van der Waals surface area contributed by atoms with Crippen molar-refractivity contribution in [2.24, 2.45) is 5.92 Å². The molecule has 0 aliphatic rings. The van der Waals surface area contributed by atoms with Crippen molar-refractivity contribution in [2.75, 3.05) is 5.32 Å². The van der Waals surface area contributed by atoms with E-state index in [1.54, 1.807) is 0 Å². The van der Waals surface area contributed by atoms with E-state index in [9.17, 15) is 14.4 Å². The zero-order chi connectivity index (χ0) is 20.0. The van der Waals surface area contributed by atoms with E-state index in [0.29, 0.717) is 11.7 Å². The molecule has 7 nitrogen and oxygen atoms in total. The number of benzene rings is 1. The molecule has 2 aromatic rings. The summed E-state index contributed by atoms with van der Waals surface area (Å²) in [5, 5.41) is 10.5. The first-order valence-corrected chi connectivity index (χ1v) is 9.51. The smallest absolute Gasteiger partial charge is 0.248 e. The number of nitrogens with zero attached hydrogens (tertiary/aromatic N) is 1. The molecule has 1 aromatic heterocycles. The minimum atomic E-state index is -0.608. The van der Waals surface area contributed by atoms with Crippen LogP contribution in [0.4, 0.5) is 5.13 Å². The summed E-state index contributed by atoms with van der Waals surface area (Å²) in [5.41, 5.74) is 2.66. The number of anilines is 1. The standard InChI is InChI=1S/C19H24N4O3S/c1-11(2)17(21-13(4)25)18(26)23-19-22-16(10-27-19)15-7-5-14(6-8-15)9-20-12(3)24/h5-8,10-11,17H,9H2,1-4H3,(H,20,24)(H,21,25)(H,22,23,26). The summed E-state index contributed by atoms with van der Waals surface area (Å²) in [6.45, 7) is 7.09. The summed E-state index contributed by atoms with van der Waals surface area (Å²) in [6, 6.07) is 7.09. The molecule has 27 heavy (non-hydrogen) atoms. The van der Waals surface area contributed by atoms with Crippen molar-refractivity contribution in [1.29, 1.82) is 0 Å². The molecule has 0 bridgehead atoms. The minimum Gasteiger partial charge on any atom is -0.352 e. The normalized spacial score (nSPS) is 11.7. The number of hydrogen-bond donors (Lipinski definition) is 3. The van der Waals surface area contributed by atoms with E-state index in [1.165, 1.54) is 25.2 Å². The van der Waals surface area contributed by atoms with Crippen LogP contribution in [0.15, 0.2) is 29.6 Å². The average Bonchev–Trinajstić information content (AvgIpc) is 3.06. The zero-order valence-electron chi connectivity index (χ0n) is 15.8. The number of thiazole rings is 1. The molecule has 1 atom stereocenters. The van der Waals surface area contributed by atoms with E-state index < -0.39 is 6.04 Å². The van der Waals surface area contributed by atoms with Gasteiger partial charge in [0.2, 0.25) is 17.7 Å². The number of nitrogens with one attached hydrogen (secondary N) is 3. The third kappa shape index (κ3) is 6.18. The van der Waals surface area contributed by atoms with E-state index >= 15 is 0 Å². The Morgan fingerprint density at radius 1 is 1.07 bits per heavy atom. The predicted octanol–water partition coefficient (Wildman–Crippen LogP) is 2.55. The van der Waals surface area contributed by atoms with Gasteiger partial charge in [0.05, 0.1) is 5.69 Å². The van der Waals surface area contributed by atoms with Crippen molar-refractivity contribution in [3.63, 3.8) is 0 Å². The van der Waals surface area contributed by atoms with Gasteiger partial charge in [0.1, 0.15) is 6.04 Å². The van der Waals surface area contributed by atoms with Crippen molar-refractivity contribution in [3.05, 3.63) is 35.2 Å². The van der Waals surface area contributed by atoms with Gasteiger partial charge in [-0.3, -0.25) is 14.4 Å². The van der Waals surface area contributed by atoms with Crippen LogP contribution in [0.25, 0.3) is 11.3 Å². The molecule has 3 N–H and O–H groups in total. The fraction of sp³-hybridized carbons (Fsp3) is 0.368. The van der Waals surface area contributed by atoms with Crippen LogP contribution in [0.1, 0.15) is 33.3 Å². The lowest BCUT2D eigenvalue weighted by molar-refractivity contribution is -0.126. The number of hydrogen-bond acceptors (Lipinski definition) is 5. The van der Waals surface area contributed by atoms with Crippen molar-refractivity contribution in [1.82, 2.24) is 15.6 Å². The number of carbonyl (C=O) groups is 3. The third-order valence-corrected chi connectivity index (χ3v) is 4.59. The van der Waals surface area contributed by atoms with E-state index in [1.807, 2.05) is 43.5 Å². The summed E-state index contributed by atoms with van der Waals surface area (Å²) in [6.07, 6.45) is 0. The second-order valence-corrected chi connectivity index (χ2v) is 7.41. The van der Waals surface area contributed by atoms with Gasteiger partial charge in [0, 0.05) is 31.3 Å². The maximum Gasteiger partial charge on any atom is 0.248 e. The maximum atomic E-state index is 12.4. The molecule has 8 heteroatoms. The van der Waals surface area contributed by atoms with Crippen LogP contribution in [-0.2, 0) is 20.9 Å². The van der Waals surface area contributed by atoms with E-state index in [2.05, 4.69) is 20.9 Å². The summed E-state index contributed by atoms with van der Waals surface area (Å²) < 4.78 is 0. The molecule has 0 saturated heterocycles. The van der Waals surface area contributed by atoms with Crippen molar-refractivity contribution >= 4 is 34.2 Å². The minimum absolute atomic E-state index is 0.0375. The Labute approximate surface area is 162 Å². The highest BCUT2D eigenvalue weighted by molar-refractivity contribution is 7.14. The highest BCUT2D eigenvalue weighted by Gasteiger charge is 2.23. The lowest BCUT2D eigenvalue weighted by Crippen LogP contribution is -2.46. The van der Waals surface area contributed by atoms with Gasteiger partial charge in [-0.25, -0.2) is 4.98 Å². The average molecular weight is 388 g/mol. The van der Waals surface area contributed by atoms with Crippen molar-refractivity contribution < 1.29 is 14.4 Å². The largest absolute Gasteiger partial charge is 0.352 e. The molecule has 0 aliphatic carbocycles. The Morgan fingerprint density at radius 3 is 2.30 bits per heavy atom. The molecule has 0 spiro atoms. The fourth-order valence-electron chi connectivity index (χ4n) is 2.42. The Balaban J connectivity index is 2.04. The van der Waals surface area contributed by atoms with Gasteiger partial charge >= 0.3 is 0 Å². The van der Waals surface area contributed by atoms with E-state index in [4.69, 9.17) is 0 Å². The molecule has 3 amide bonds. The number of aromatic nitrogens is 1. The van der Waals surface area contributed by atoms with Crippen LogP contribution in [0, 0.1) is 5.92 Å². The second kappa shape index (κ2) is 9.27. The number of rotatable bonds is 7. The van der Waals surface area contributed by atoms with E-state index in [-0.39, 0.29) is 23.6 Å². The Hall–Kier alpha value is -2.74. The van der Waals surface area contributed by atoms with Crippen LogP contribution >= 0.6 is 11.3 Å². The monoisotopic (exact) mass is 388 g/mol. The first kappa shape index (κ1) is 20.6. The quantitative estimate of drug-likeness (QED) is 0.679. The van der Waals surface area contributed by atoms with Crippen LogP contribution in [0.2, 0.25) is 0 Å². The van der Waals surface area contributed by atoms with Gasteiger partial charge < -0.3 is 16.0 Å². The Kier molecular flexibility index (Phi) is 7.06. The SMILES string of the molecule is CC(=O)NCc1ccc(-c2csc(NC(=O)C(NC(C)=O)C(C)C)n2)cc1. The van der Waals surface area contributed by atoms with Crippen molar-refractivity contribution in [2.45, 2.75) is 40.3 Å². The van der Waals surface area contributed by atoms with Crippen molar-refractivity contribution in [3.8, 4) is 11.3 Å². The van der Waals surface area contributed by atoms with Gasteiger partial charge in [0.25, 0.3) is 0 Å². The highest BCUT2D eigenvalue weighted by atomic mass is 32.1. The van der Waals surface area contributed by atoms with Gasteiger partial charge in [0.15, 0.2) is 5.13 Å². The van der Waals surface area contributed by atoms with Crippen LogP contribution in [0.3, 0.4) is 0 Å². The van der Waals surface area contributed by atoms with Gasteiger partial charge in [-0.1, -0.05) is 38.1 Å². The van der Waals surface area contributed by atoms with Crippen LogP contribution in [-0.4, -0.2) is 28.7 Å². The lowest BCUT2D eigenvalue weighted by atomic mass is 10.0. The topological polar surface area (TPSA) is 100 Å². The lowest BCUT2D eigenvalue weighted by Gasteiger charge is -2.20. The van der Waals surface area contributed by atoms with Gasteiger partial charge in [-0.2, -0.15) is 0 Å². The molecular formula is C19H24N4O3S. The van der Waals surface area contributed by atoms with Gasteiger partial charge in [-0.05, 0) is 11.5 Å². The predicted molar refractivity (Wildman–Crippen MR) is 106 cm³/mol. The van der Waals surface area contributed by atoms with E-state index in [0.717, 1.165) is 16.8 Å². The molecule has 144 valence electrons. The molecule has 2 rings (SSSR count). The molecule has 0 aliphatic heterocycles. The van der Waals surface area contributed by atoms with Crippen LogP contribution in [0.5, 0.6) is 0 Å². The number of amides is 3. The summed E-state index contributed by atoms with van der Waals surface area (Å²) >= 11 is 1.33. The molecule has 0 saturated carbocycles. The highest BCUT2D eigenvalue weighted by Crippen LogP contribution is 2.25. The molecule has 1 heterocycles. The Bertz CT molecular complexity index is 815. The maximum absolute atomic E-state index is 12.4. The fourth-order valence-corrected chi connectivity index (χ4v) is 3.14. The summed E-state index contributed by atoms with van der Waals surface area (Å²) in [4.78, 5) is 39.1. The number of carbonyl (C=O) groups excluding carboxylic acids is 3. The van der Waals surface area contributed by atoms with Crippen LogP contribution < -0.4 is 16.0 Å². The molecule has 0 fully saturated rings. The molecule has 0 radical (unpaired) electrons. The second-order valence-electron chi connectivity index (χ2n) is 6.56. The first-order chi connectivity index (χ1) is 12.8. The summed E-state index contributed by atoms with van der Waals surface area (Å²) in [7, 11) is 0. The Morgan fingerprint density at radius 2 is 1.74 bits per heavy atom. The third-order valence-electron chi connectivity index (χ3n) is 3.83. The summed E-state index contributed by atoms with van der Waals surface area (Å²) in [5.74, 6) is -0.641. The molecular weight excluding hydrogens is 364 g/mol. The zero-order valence-corrected chi connectivity index (χ0v) is 16.6. The molecule has 1 aromatic carbocycles. The van der Waals surface area contributed by atoms with Gasteiger partial charge in [-0.15, -0.1) is 11.3 Å².